The standard InChI is InChI=1S/C21H22N4O3/c1-3-20(27)24-17-10-15-16(11-19(17)28-4-2)22-13-23-21(15)25-18(12-26)14-8-6-5-7-9-14/h3,5-11,13,18,26H,1,4,12H2,2H3,(H,24,27)(H,22,23,25). The van der Waals surface area contributed by atoms with Gasteiger partial charge in [-0.05, 0) is 24.6 Å². The number of ether oxygens (including phenoxy) is 1. The van der Waals surface area contributed by atoms with Crippen molar-refractivity contribution in [2.75, 3.05) is 23.8 Å². The average molecular weight is 378 g/mol. The van der Waals surface area contributed by atoms with Gasteiger partial charge in [-0.2, -0.15) is 0 Å². The lowest BCUT2D eigenvalue weighted by atomic mass is 10.1. The molecule has 3 N–H and O–H groups in total. The molecular weight excluding hydrogens is 356 g/mol. The molecule has 2 aromatic carbocycles. The van der Waals surface area contributed by atoms with Gasteiger partial charge in [0.25, 0.3) is 0 Å². The molecule has 1 atom stereocenters. The van der Waals surface area contributed by atoms with Gasteiger partial charge in [-0.3, -0.25) is 4.79 Å². The van der Waals surface area contributed by atoms with Crippen LogP contribution < -0.4 is 15.4 Å². The fraction of sp³-hybridized carbons (Fsp3) is 0.190. The zero-order valence-corrected chi connectivity index (χ0v) is 15.6. The average Bonchev–Trinajstić information content (AvgIpc) is 2.73. The number of anilines is 2. The molecule has 28 heavy (non-hydrogen) atoms. The van der Waals surface area contributed by atoms with Gasteiger partial charge in [-0.1, -0.05) is 36.9 Å². The number of amides is 1. The highest BCUT2D eigenvalue weighted by Gasteiger charge is 2.16. The minimum absolute atomic E-state index is 0.105. The van der Waals surface area contributed by atoms with Crippen LogP contribution in [0.3, 0.4) is 0 Å². The summed E-state index contributed by atoms with van der Waals surface area (Å²) in [4.78, 5) is 20.4. The summed E-state index contributed by atoms with van der Waals surface area (Å²) in [5, 5.41) is 16.5. The molecule has 0 spiro atoms. The maximum absolute atomic E-state index is 11.8. The number of rotatable bonds is 8. The molecule has 7 nitrogen and oxygen atoms in total. The number of carbonyl (C=O) groups is 1. The molecule has 0 aliphatic heterocycles. The van der Waals surface area contributed by atoms with Gasteiger partial charge in [0.1, 0.15) is 17.9 Å². The van der Waals surface area contributed by atoms with Gasteiger partial charge in [0.15, 0.2) is 0 Å². The predicted octanol–water partition coefficient (Wildman–Crippen LogP) is 3.30. The first-order valence-electron chi connectivity index (χ1n) is 8.93. The summed E-state index contributed by atoms with van der Waals surface area (Å²) in [5.41, 5.74) is 2.09. The van der Waals surface area contributed by atoms with Crippen molar-refractivity contribution >= 4 is 28.3 Å². The van der Waals surface area contributed by atoms with E-state index in [4.69, 9.17) is 4.74 Å². The normalized spacial score (nSPS) is 11.6. The maximum atomic E-state index is 11.8. The lowest BCUT2D eigenvalue weighted by Gasteiger charge is -2.19. The van der Waals surface area contributed by atoms with E-state index >= 15 is 0 Å². The minimum Gasteiger partial charge on any atom is -0.492 e. The van der Waals surface area contributed by atoms with Crippen LogP contribution >= 0.6 is 0 Å². The number of nitrogens with one attached hydrogen (secondary N) is 2. The van der Waals surface area contributed by atoms with Crippen LogP contribution in [0.15, 0.2) is 61.4 Å². The van der Waals surface area contributed by atoms with Gasteiger partial charge in [0.05, 0.1) is 30.5 Å². The highest BCUT2D eigenvalue weighted by molar-refractivity contribution is 6.03. The summed E-state index contributed by atoms with van der Waals surface area (Å²) in [6, 6.07) is 12.8. The number of hydrogen-bond donors (Lipinski definition) is 3. The van der Waals surface area contributed by atoms with Gasteiger partial charge in [0.2, 0.25) is 5.91 Å². The van der Waals surface area contributed by atoms with Crippen LogP contribution in [0.5, 0.6) is 5.75 Å². The first-order valence-corrected chi connectivity index (χ1v) is 8.93. The number of nitrogens with zero attached hydrogens (tertiary/aromatic N) is 2. The Bertz CT molecular complexity index is 976. The van der Waals surface area contributed by atoms with E-state index in [1.165, 1.54) is 12.4 Å². The minimum atomic E-state index is -0.343. The molecule has 3 aromatic rings. The van der Waals surface area contributed by atoms with E-state index in [9.17, 15) is 9.90 Å². The molecule has 7 heteroatoms. The molecule has 0 radical (unpaired) electrons. The highest BCUT2D eigenvalue weighted by atomic mass is 16.5. The zero-order valence-electron chi connectivity index (χ0n) is 15.6. The molecule has 0 bridgehead atoms. The Morgan fingerprint density at radius 3 is 2.75 bits per heavy atom. The first-order chi connectivity index (χ1) is 13.7. The van der Waals surface area contributed by atoms with Crippen molar-refractivity contribution < 1.29 is 14.6 Å². The number of aliphatic hydroxyl groups is 1. The third-order valence-electron chi connectivity index (χ3n) is 4.18. The Labute approximate surface area is 163 Å². The lowest BCUT2D eigenvalue weighted by molar-refractivity contribution is -0.111. The molecule has 0 aliphatic carbocycles. The molecule has 1 unspecified atom stereocenters. The Hall–Kier alpha value is -3.45. The number of fused-ring (bicyclic) bond motifs is 1. The van der Waals surface area contributed by atoms with E-state index in [-0.39, 0.29) is 18.6 Å². The van der Waals surface area contributed by atoms with Crippen molar-refractivity contribution in [3.05, 3.63) is 67.0 Å². The largest absolute Gasteiger partial charge is 0.492 e. The van der Waals surface area contributed by atoms with E-state index in [0.717, 1.165) is 5.56 Å². The van der Waals surface area contributed by atoms with Crippen LogP contribution in [0.4, 0.5) is 11.5 Å². The van der Waals surface area contributed by atoms with Gasteiger partial charge in [-0.25, -0.2) is 9.97 Å². The van der Waals surface area contributed by atoms with E-state index < -0.39 is 0 Å². The Morgan fingerprint density at radius 1 is 1.29 bits per heavy atom. The molecular formula is C21H22N4O3. The second-order valence-corrected chi connectivity index (χ2v) is 6.00. The number of hydrogen-bond acceptors (Lipinski definition) is 6. The van der Waals surface area contributed by atoms with Crippen molar-refractivity contribution in [1.29, 1.82) is 0 Å². The summed E-state index contributed by atoms with van der Waals surface area (Å²) >= 11 is 0. The molecule has 0 saturated carbocycles. The second-order valence-electron chi connectivity index (χ2n) is 6.00. The highest BCUT2D eigenvalue weighted by Crippen LogP contribution is 2.33. The third kappa shape index (κ3) is 4.27. The van der Waals surface area contributed by atoms with Crippen LogP contribution in [0, 0.1) is 0 Å². The summed E-state index contributed by atoms with van der Waals surface area (Å²) in [7, 11) is 0. The fourth-order valence-corrected chi connectivity index (χ4v) is 2.84. The van der Waals surface area contributed by atoms with Crippen LogP contribution in [0.25, 0.3) is 10.9 Å². The molecule has 3 rings (SSSR count). The smallest absolute Gasteiger partial charge is 0.247 e. The van der Waals surface area contributed by atoms with Gasteiger partial charge in [0, 0.05) is 11.5 Å². The van der Waals surface area contributed by atoms with E-state index in [2.05, 4.69) is 27.2 Å². The van der Waals surface area contributed by atoms with Crippen molar-refractivity contribution in [1.82, 2.24) is 9.97 Å². The van der Waals surface area contributed by atoms with Crippen molar-refractivity contribution in [2.45, 2.75) is 13.0 Å². The van der Waals surface area contributed by atoms with Crippen molar-refractivity contribution in [3.8, 4) is 5.75 Å². The van der Waals surface area contributed by atoms with Crippen LogP contribution in [-0.4, -0.2) is 34.2 Å². The summed E-state index contributed by atoms with van der Waals surface area (Å²) < 4.78 is 5.63. The van der Waals surface area contributed by atoms with Crippen LogP contribution in [0.2, 0.25) is 0 Å². The van der Waals surface area contributed by atoms with Gasteiger partial charge < -0.3 is 20.5 Å². The van der Waals surface area contributed by atoms with E-state index in [1.807, 2.05) is 37.3 Å². The molecule has 0 fully saturated rings. The Kier molecular flexibility index (Phi) is 6.18. The second kappa shape index (κ2) is 8.96. The molecule has 0 aliphatic rings. The SMILES string of the molecule is C=CC(=O)Nc1cc2c(NC(CO)c3ccccc3)ncnc2cc1OCC. The molecule has 1 heterocycles. The van der Waals surface area contributed by atoms with Crippen LogP contribution in [0.1, 0.15) is 18.5 Å². The van der Waals surface area contributed by atoms with E-state index in [1.54, 1.807) is 12.1 Å². The number of aromatic nitrogens is 2. The van der Waals surface area contributed by atoms with Crippen molar-refractivity contribution in [3.63, 3.8) is 0 Å². The monoisotopic (exact) mass is 378 g/mol. The Balaban J connectivity index is 2.03. The number of aliphatic hydroxyl groups excluding tert-OH is 1. The number of benzene rings is 2. The third-order valence-corrected chi connectivity index (χ3v) is 4.18. The zero-order chi connectivity index (χ0) is 19.9. The molecule has 1 amide bonds. The lowest BCUT2D eigenvalue weighted by Crippen LogP contribution is -2.16. The van der Waals surface area contributed by atoms with Gasteiger partial charge in [-0.15, -0.1) is 0 Å². The Morgan fingerprint density at radius 2 is 2.07 bits per heavy atom. The molecule has 1 aromatic heterocycles. The maximum Gasteiger partial charge on any atom is 0.247 e. The number of carbonyl (C=O) groups excluding carboxylic acids is 1. The fourth-order valence-electron chi connectivity index (χ4n) is 2.84. The van der Waals surface area contributed by atoms with Crippen molar-refractivity contribution in [2.24, 2.45) is 0 Å². The topological polar surface area (TPSA) is 96.4 Å². The van der Waals surface area contributed by atoms with E-state index in [0.29, 0.717) is 34.8 Å². The van der Waals surface area contributed by atoms with Gasteiger partial charge >= 0.3 is 0 Å². The summed E-state index contributed by atoms with van der Waals surface area (Å²) in [6.07, 6.45) is 2.64. The summed E-state index contributed by atoms with van der Waals surface area (Å²) in [6.45, 7) is 5.68. The molecule has 0 saturated heterocycles. The first kappa shape index (κ1) is 19.3. The van der Waals surface area contributed by atoms with Crippen LogP contribution in [-0.2, 0) is 4.79 Å². The predicted molar refractivity (Wildman–Crippen MR) is 109 cm³/mol. The summed E-state index contributed by atoms with van der Waals surface area (Å²) in [5.74, 6) is 0.714. The quantitative estimate of drug-likeness (QED) is 0.521. The molecule has 144 valence electrons.